The van der Waals surface area contributed by atoms with E-state index in [-0.39, 0.29) is 6.03 Å². The van der Waals surface area contributed by atoms with E-state index in [0.29, 0.717) is 12.1 Å². The summed E-state index contributed by atoms with van der Waals surface area (Å²) in [6, 6.07) is 1.01. The van der Waals surface area contributed by atoms with Crippen molar-refractivity contribution < 1.29 is 4.79 Å². The van der Waals surface area contributed by atoms with Gasteiger partial charge >= 0.3 is 6.03 Å². The first kappa shape index (κ1) is 8.81. The van der Waals surface area contributed by atoms with E-state index in [1.807, 2.05) is 11.8 Å². The van der Waals surface area contributed by atoms with Crippen LogP contribution in [-0.4, -0.2) is 42.6 Å². The number of nitrogens with zero attached hydrogens (tertiary/aromatic N) is 1. The molecule has 2 rings (SSSR count). The summed E-state index contributed by atoms with van der Waals surface area (Å²) in [4.78, 5) is 13.6. The summed E-state index contributed by atoms with van der Waals surface area (Å²) in [5, 5.41) is 6.19. The molecule has 2 fully saturated rings. The molecule has 2 amide bonds. The van der Waals surface area contributed by atoms with Gasteiger partial charge in [0.15, 0.2) is 0 Å². The highest BCUT2D eigenvalue weighted by Crippen LogP contribution is 2.19. The van der Waals surface area contributed by atoms with Crippen molar-refractivity contribution in [2.24, 2.45) is 0 Å². The molecule has 0 aromatic carbocycles. The van der Waals surface area contributed by atoms with Crippen LogP contribution in [0.5, 0.6) is 0 Å². The van der Waals surface area contributed by atoms with Gasteiger partial charge in [0.2, 0.25) is 0 Å². The highest BCUT2D eigenvalue weighted by atomic mass is 16.2. The molecule has 1 aliphatic heterocycles. The molecule has 4 heteroatoms. The van der Waals surface area contributed by atoms with Gasteiger partial charge < -0.3 is 15.5 Å². The average molecular weight is 183 g/mol. The maximum absolute atomic E-state index is 11.6. The van der Waals surface area contributed by atoms with E-state index >= 15 is 0 Å². The first-order valence-electron chi connectivity index (χ1n) is 5.09. The van der Waals surface area contributed by atoms with E-state index in [4.69, 9.17) is 0 Å². The molecule has 1 heterocycles. The molecule has 1 saturated heterocycles. The second kappa shape index (κ2) is 3.54. The Bertz CT molecular complexity index is 199. The zero-order valence-electron chi connectivity index (χ0n) is 8.05. The molecule has 0 unspecified atom stereocenters. The number of nitrogens with one attached hydrogen (secondary N) is 2. The summed E-state index contributed by atoms with van der Waals surface area (Å²) >= 11 is 0. The van der Waals surface area contributed by atoms with Gasteiger partial charge in [0.05, 0.1) is 6.04 Å². The Hall–Kier alpha value is -0.770. The van der Waals surface area contributed by atoms with E-state index in [2.05, 4.69) is 10.6 Å². The fraction of sp³-hybridized carbons (Fsp3) is 0.889. The van der Waals surface area contributed by atoms with Crippen LogP contribution in [0.3, 0.4) is 0 Å². The van der Waals surface area contributed by atoms with Gasteiger partial charge in [-0.15, -0.1) is 0 Å². The highest BCUT2D eigenvalue weighted by Gasteiger charge is 2.30. The fourth-order valence-electron chi connectivity index (χ4n) is 1.55. The molecule has 74 valence electrons. The van der Waals surface area contributed by atoms with Gasteiger partial charge in [0, 0.05) is 25.7 Å². The van der Waals surface area contributed by atoms with Gasteiger partial charge in [-0.2, -0.15) is 0 Å². The quantitative estimate of drug-likeness (QED) is 0.654. The smallest absolute Gasteiger partial charge is 0.317 e. The number of urea groups is 1. The van der Waals surface area contributed by atoms with Gasteiger partial charge in [-0.25, -0.2) is 4.79 Å². The Kier molecular flexibility index (Phi) is 2.40. The number of carbonyl (C=O) groups excluding carboxylic acids is 1. The monoisotopic (exact) mass is 183 g/mol. The lowest BCUT2D eigenvalue weighted by molar-refractivity contribution is 0.153. The number of amides is 2. The molecule has 2 aliphatic rings. The van der Waals surface area contributed by atoms with Crippen LogP contribution in [0.2, 0.25) is 0 Å². The molecular formula is C9H17N3O. The van der Waals surface area contributed by atoms with Gasteiger partial charge in [-0.3, -0.25) is 0 Å². The minimum absolute atomic E-state index is 0.122. The van der Waals surface area contributed by atoms with E-state index in [1.54, 1.807) is 0 Å². The Morgan fingerprint density at radius 2 is 2.23 bits per heavy atom. The molecule has 0 aromatic heterocycles. The van der Waals surface area contributed by atoms with E-state index in [9.17, 15) is 4.79 Å². The third-order valence-corrected chi connectivity index (χ3v) is 2.71. The first-order valence-corrected chi connectivity index (χ1v) is 5.09. The van der Waals surface area contributed by atoms with Gasteiger partial charge in [0.25, 0.3) is 0 Å². The van der Waals surface area contributed by atoms with Gasteiger partial charge in [-0.05, 0) is 19.8 Å². The highest BCUT2D eigenvalue weighted by molar-refractivity contribution is 5.75. The predicted molar refractivity (Wildman–Crippen MR) is 50.6 cm³/mol. The zero-order valence-corrected chi connectivity index (χ0v) is 8.05. The third kappa shape index (κ3) is 1.94. The molecule has 4 nitrogen and oxygen atoms in total. The molecule has 13 heavy (non-hydrogen) atoms. The number of hydrogen-bond donors (Lipinski definition) is 2. The zero-order chi connectivity index (χ0) is 9.26. The van der Waals surface area contributed by atoms with Crippen molar-refractivity contribution in [3.05, 3.63) is 0 Å². The number of rotatable bonds is 3. The topological polar surface area (TPSA) is 44.4 Å². The normalized spacial score (nSPS) is 22.2. The first-order chi connectivity index (χ1) is 6.31. The van der Waals surface area contributed by atoms with Gasteiger partial charge in [0.1, 0.15) is 0 Å². The van der Waals surface area contributed by atoms with Crippen LogP contribution in [0.15, 0.2) is 0 Å². The van der Waals surface area contributed by atoms with E-state index < -0.39 is 0 Å². The summed E-state index contributed by atoms with van der Waals surface area (Å²) in [7, 11) is 0. The fourth-order valence-corrected chi connectivity index (χ4v) is 1.55. The maximum atomic E-state index is 11.6. The lowest BCUT2D eigenvalue weighted by Gasteiger charge is -2.37. The predicted octanol–water partition coefficient (Wildman–Crippen LogP) is 0.152. The lowest BCUT2D eigenvalue weighted by atomic mass is 10.1. The summed E-state index contributed by atoms with van der Waals surface area (Å²) in [5.74, 6) is 0. The van der Waals surface area contributed by atoms with Crippen LogP contribution in [0.4, 0.5) is 4.79 Å². The minimum atomic E-state index is 0.122. The van der Waals surface area contributed by atoms with Crippen LogP contribution in [-0.2, 0) is 0 Å². The average Bonchev–Trinajstić information content (AvgIpc) is 2.79. The van der Waals surface area contributed by atoms with Crippen molar-refractivity contribution in [2.75, 3.05) is 19.6 Å². The number of likely N-dealkylation sites (N-methyl/N-ethyl adjacent to an activating group) is 1. The molecule has 0 radical (unpaired) electrons. The standard InChI is InChI=1S/C9H17N3O/c1-2-12(8-5-10-6-8)9(13)11-7-3-4-7/h7-8,10H,2-6H2,1H3,(H,11,13). The number of carbonyl (C=O) groups is 1. The second-order valence-corrected chi connectivity index (χ2v) is 3.82. The van der Waals surface area contributed by atoms with Crippen LogP contribution < -0.4 is 10.6 Å². The van der Waals surface area contributed by atoms with Crippen molar-refractivity contribution in [1.82, 2.24) is 15.5 Å². The van der Waals surface area contributed by atoms with E-state index in [1.165, 1.54) is 0 Å². The molecule has 1 saturated carbocycles. The Labute approximate surface area is 78.7 Å². The Morgan fingerprint density at radius 1 is 1.54 bits per heavy atom. The molecule has 2 N–H and O–H groups in total. The second-order valence-electron chi connectivity index (χ2n) is 3.82. The summed E-state index contributed by atoms with van der Waals surface area (Å²) in [5.41, 5.74) is 0. The van der Waals surface area contributed by atoms with Crippen LogP contribution >= 0.6 is 0 Å². The van der Waals surface area contributed by atoms with Crippen molar-refractivity contribution in [1.29, 1.82) is 0 Å². The largest absolute Gasteiger partial charge is 0.335 e. The minimum Gasteiger partial charge on any atom is -0.335 e. The summed E-state index contributed by atoms with van der Waals surface area (Å²) in [6.45, 7) is 4.74. The van der Waals surface area contributed by atoms with Crippen molar-refractivity contribution in [3.8, 4) is 0 Å². The van der Waals surface area contributed by atoms with Crippen LogP contribution in [0.1, 0.15) is 19.8 Å². The molecule has 0 spiro atoms. The van der Waals surface area contributed by atoms with Crippen molar-refractivity contribution in [2.45, 2.75) is 31.8 Å². The SMILES string of the molecule is CCN(C(=O)NC1CC1)C1CNC1. The molecule has 0 bridgehead atoms. The third-order valence-electron chi connectivity index (χ3n) is 2.71. The molecular weight excluding hydrogens is 166 g/mol. The van der Waals surface area contributed by atoms with Crippen molar-refractivity contribution in [3.63, 3.8) is 0 Å². The van der Waals surface area contributed by atoms with Crippen LogP contribution in [0.25, 0.3) is 0 Å². The Balaban J connectivity index is 1.82. The lowest BCUT2D eigenvalue weighted by Crippen LogP contribution is -2.60. The molecule has 1 aliphatic carbocycles. The molecule has 0 aromatic rings. The van der Waals surface area contributed by atoms with Crippen molar-refractivity contribution >= 4 is 6.03 Å². The summed E-state index contributed by atoms with van der Waals surface area (Å²) < 4.78 is 0. The van der Waals surface area contributed by atoms with Crippen LogP contribution in [0, 0.1) is 0 Å². The maximum Gasteiger partial charge on any atom is 0.317 e. The van der Waals surface area contributed by atoms with E-state index in [0.717, 1.165) is 32.5 Å². The van der Waals surface area contributed by atoms with Gasteiger partial charge in [-0.1, -0.05) is 0 Å². The summed E-state index contributed by atoms with van der Waals surface area (Å²) in [6.07, 6.45) is 2.32. The Morgan fingerprint density at radius 3 is 2.62 bits per heavy atom. The number of hydrogen-bond acceptors (Lipinski definition) is 2. The molecule has 0 atom stereocenters.